The third-order valence-electron chi connectivity index (χ3n) is 7.46. The van der Waals surface area contributed by atoms with Crippen LogP contribution in [0.15, 0.2) is 155 Å². The average molecular weight is 545 g/mol. The molecule has 0 aliphatic carbocycles. The maximum Gasteiger partial charge on any atom is 0.113 e. The van der Waals surface area contributed by atoms with Gasteiger partial charge in [-0.15, -0.1) is 10.2 Å². The maximum absolute atomic E-state index is 4.66. The van der Waals surface area contributed by atoms with Crippen molar-refractivity contribution in [2.24, 2.45) is 0 Å². The first-order valence-corrected chi connectivity index (χ1v) is 14.4. The van der Waals surface area contributed by atoms with Gasteiger partial charge in [-0.1, -0.05) is 96.7 Å². The van der Waals surface area contributed by atoms with E-state index in [1.54, 1.807) is 4.80 Å². The summed E-state index contributed by atoms with van der Waals surface area (Å²) in [7, 11) is 0. The van der Waals surface area contributed by atoms with Gasteiger partial charge in [0.1, 0.15) is 11.0 Å². The standard InChI is InChI=1S/C36H24N4S/c1-3-9-25(10-4-1)27-15-21-33-35(23-27)41-36-24-28(26-11-5-2-6-12-26)16-22-34(36)39(33)29-17-19-30(20-18-29)40-37-31-13-7-8-14-32(31)38-40/h1-24H. The lowest BCUT2D eigenvalue weighted by Gasteiger charge is -2.33. The third-order valence-corrected chi connectivity index (χ3v) is 8.55. The molecule has 8 rings (SSSR count). The Bertz CT molecular complexity index is 1890. The third kappa shape index (κ3) is 4.28. The van der Waals surface area contributed by atoms with Crippen LogP contribution < -0.4 is 4.90 Å². The van der Waals surface area contributed by atoms with E-state index >= 15 is 0 Å². The van der Waals surface area contributed by atoms with Gasteiger partial charge in [0.05, 0.1) is 17.1 Å². The molecule has 5 heteroatoms. The quantitative estimate of drug-likeness (QED) is 0.221. The van der Waals surface area contributed by atoms with E-state index in [9.17, 15) is 0 Å². The molecule has 2 heterocycles. The van der Waals surface area contributed by atoms with Gasteiger partial charge < -0.3 is 4.90 Å². The van der Waals surface area contributed by atoms with Crippen molar-refractivity contribution in [1.82, 2.24) is 15.0 Å². The lowest BCUT2D eigenvalue weighted by molar-refractivity contribution is 0.765. The zero-order valence-electron chi connectivity index (χ0n) is 22.1. The molecule has 4 nitrogen and oxygen atoms in total. The first-order valence-electron chi connectivity index (χ1n) is 13.6. The fourth-order valence-corrected chi connectivity index (χ4v) is 6.55. The average Bonchev–Trinajstić information content (AvgIpc) is 3.49. The predicted molar refractivity (Wildman–Crippen MR) is 169 cm³/mol. The maximum atomic E-state index is 4.66. The molecule has 0 bridgehead atoms. The van der Waals surface area contributed by atoms with E-state index in [0.29, 0.717) is 0 Å². The van der Waals surface area contributed by atoms with E-state index in [1.165, 1.54) is 43.4 Å². The molecular weight excluding hydrogens is 520 g/mol. The van der Waals surface area contributed by atoms with Crippen molar-refractivity contribution in [3.63, 3.8) is 0 Å². The van der Waals surface area contributed by atoms with Gasteiger partial charge in [-0.2, -0.15) is 4.80 Å². The van der Waals surface area contributed by atoms with Gasteiger partial charge in [0.15, 0.2) is 0 Å². The summed E-state index contributed by atoms with van der Waals surface area (Å²) in [6.07, 6.45) is 0. The van der Waals surface area contributed by atoms with Crippen LogP contribution in [0.25, 0.3) is 39.0 Å². The van der Waals surface area contributed by atoms with Gasteiger partial charge in [0.25, 0.3) is 0 Å². The Kier molecular flexibility index (Phi) is 5.68. The second kappa shape index (κ2) is 9.81. The molecule has 0 spiro atoms. The van der Waals surface area contributed by atoms with Crippen LogP contribution in [0.4, 0.5) is 17.1 Å². The summed E-state index contributed by atoms with van der Waals surface area (Å²) in [4.78, 5) is 6.53. The molecule has 41 heavy (non-hydrogen) atoms. The Hall–Kier alpha value is -5.13. The Balaban J connectivity index is 1.24. The summed E-state index contributed by atoms with van der Waals surface area (Å²) >= 11 is 1.84. The first-order chi connectivity index (χ1) is 20.3. The van der Waals surface area contributed by atoms with Gasteiger partial charge in [0, 0.05) is 15.5 Å². The number of nitrogens with zero attached hydrogens (tertiary/aromatic N) is 4. The van der Waals surface area contributed by atoms with E-state index in [-0.39, 0.29) is 0 Å². The lowest BCUT2D eigenvalue weighted by Crippen LogP contribution is -2.15. The van der Waals surface area contributed by atoms with Crippen LogP contribution in [0.2, 0.25) is 0 Å². The van der Waals surface area contributed by atoms with Crippen LogP contribution in [0.1, 0.15) is 0 Å². The summed E-state index contributed by atoms with van der Waals surface area (Å²) < 4.78 is 0. The summed E-state index contributed by atoms with van der Waals surface area (Å²) in [6.45, 7) is 0. The van der Waals surface area contributed by atoms with Crippen LogP contribution in [0.3, 0.4) is 0 Å². The zero-order chi connectivity index (χ0) is 27.2. The number of hydrogen-bond donors (Lipinski definition) is 0. The van der Waals surface area contributed by atoms with Crippen LogP contribution >= 0.6 is 11.8 Å². The Morgan fingerprint density at radius 1 is 0.415 bits per heavy atom. The molecule has 0 unspecified atom stereocenters. The number of aromatic nitrogens is 3. The number of fused-ring (bicyclic) bond motifs is 3. The van der Waals surface area contributed by atoms with Crippen molar-refractivity contribution in [1.29, 1.82) is 0 Å². The lowest BCUT2D eigenvalue weighted by atomic mass is 10.0. The molecule has 1 aliphatic heterocycles. The summed E-state index contributed by atoms with van der Waals surface area (Å²) in [6, 6.07) is 51.1. The van der Waals surface area contributed by atoms with Crippen LogP contribution in [-0.4, -0.2) is 15.0 Å². The highest BCUT2D eigenvalue weighted by Crippen LogP contribution is 2.53. The highest BCUT2D eigenvalue weighted by molar-refractivity contribution is 7.99. The molecule has 1 aromatic heterocycles. The normalized spacial score (nSPS) is 12.2. The highest BCUT2D eigenvalue weighted by Gasteiger charge is 2.26. The van der Waals surface area contributed by atoms with Crippen LogP contribution in [0, 0.1) is 0 Å². The molecule has 6 aromatic carbocycles. The minimum Gasteiger partial charge on any atom is -0.308 e. The number of hydrogen-bond acceptors (Lipinski definition) is 4. The monoisotopic (exact) mass is 544 g/mol. The number of benzene rings is 6. The van der Waals surface area contributed by atoms with Gasteiger partial charge >= 0.3 is 0 Å². The Morgan fingerprint density at radius 2 is 0.878 bits per heavy atom. The molecule has 0 radical (unpaired) electrons. The van der Waals surface area contributed by atoms with Crippen molar-refractivity contribution in [3.05, 3.63) is 146 Å². The Labute approximate surface area is 242 Å². The van der Waals surface area contributed by atoms with Gasteiger partial charge in [-0.25, -0.2) is 0 Å². The SMILES string of the molecule is c1ccc(-c2ccc3c(c2)Sc2cc(-c4ccccc4)ccc2N3c2ccc(-n3nc4ccccc4n3)cc2)cc1. The van der Waals surface area contributed by atoms with E-state index in [0.717, 1.165) is 22.4 Å². The zero-order valence-corrected chi connectivity index (χ0v) is 22.9. The van der Waals surface area contributed by atoms with Crippen LogP contribution in [0.5, 0.6) is 0 Å². The molecule has 0 amide bonds. The molecule has 0 saturated heterocycles. The van der Waals surface area contributed by atoms with Gasteiger partial charge in [-0.3, -0.25) is 0 Å². The summed E-state index contributed by atoms with van der Waals surface area (Å²) in [5, 5.41) is 9.33. The van der Waals surface area contributed by atoms with Crippen molar-refractivity contribution in [2.45, 2.75) is 9.79 Å². The second-order valence-electron chi connectivity index (χ2n) is 10.0. The topological polar surface area (TPSA) is 34.0 Å². The predicted octanol–water partition coefficient (Wildman–Crippen LogP) is 9.69. The van der Waals surface area contributed by atoms with Crippen molar-refractivity contribution in [2.75, 3.05) is 4.90 Å². The molecule has 0 fully saturated rings. The molecule has 1 aliphatic rings. The number of rotatable bonds is 4. The fraction of sp³-hybridized carbons (Fsp3) is 0. The summed E-state index contributed by atoms with van der Waals surface area (Å²) in [5.41, 5.74) is 11.0. The highest BCUT2D eigenvalue weighted by atomic mass is 32.2. The van der Waals surface area contributed by atoms with Crippen LogP contribution in [-0.2, 0) is 0 Å². The Morgan fingerprint density at radius 3 is 1.39 bits per heavy atom. The van der Waals surface area contributed by atoms with Gasteiger partial charge in [0.2, 0.25) is 0 Å². The number of anilines is 3. The molecule has 0 atom stereocenters. The molecule has 0 N–H and O–H groups in total. The van der Waals surface area contributed by atoms with Gasteiger partial charge in [-0.05, 0) is 82.9 Å². The van der Waals surface area contributed by atoms with E-state index < -0.39 is 0 Å². The van der Waals surface area contributed by atoms with Crippen molar-refractivity contribution < 1.29 is 0 Å². The minimum atomic E-state index is 0.885. The molecule has 7 aromatic rings. The molecule has 194 valence electrons. The van der Waals surface area contributed by atoms with E-state index in [4.69, 9.17) is 0 Å². The van der Waals surface area contributed by atoms with Crippen molar-refractivity contribution >= 4 is 39.9 Å². The molecule has 0 saturated carbocycles. The van der Waals surface area contributed by atoms with E-state index in [2.05, 4.69) is 136 Å². The largest absolute Gasteiger partial charge is 0.308 e. The van der Waals surface area contributed by atoms with Crippen molar-refractivity contribution in [3.8, 4) is 27.9 Å². The first kappa shape index (κ1) is 23.7. The fourth-order valence-electron chi connectivity index (χ4n) is 5.42. The minimum absolute atomic E-state index is 0.885. The smallest absolute Gasteiger partial charge is 0.113 e. The summed E-state index contributed by atoms with van der Waals surface area (Å²) in [5.74, 6) is 0. The second-order valence-corrected chi connectivity index (χ2v) is 11.1. The molecular formula is C36H24N4S. The van der Waals surface area contributed by atoms with E-state index in [1.807, 2.05) is 36.0 Å².